The lowest BCUT2D eigenvalue weighted by Gasteiger charge is -2.27. The van der Waals surface area contributed by atoms with Crippen molar-refractivity contribution in [2.75, 3.05) is 6.54 Å². The molecule has 1 rings (SSSR count). The van der Waals surface area contributed by atoms with Crippen molar-refractivity contribution in [2.45, 2.75) is 33.2 Å². The fourth-order valence-electron chi connectivity index (χ4n) is 1.98. The topological polar surface area (TPSA) is 57.6 Å². The van der Waals surface area contributed by atoms with Crippen molar-refractivity contribution in [1.82, 2.24) is 4.90 Å². The summed E-state index contributed by atoms with van der Waals surface area (Å²) >= 11 is 0. The van der Waals surface area contributed by atoms with Crippen LogP contribution in [0.2, 0.25) is 0 Å². The summed E-state index contributed by atoms with van der Waals surface area (Å²) in [5.74, 6) is -1.24. The monoisotopic (exact) mass is 249 g/mol. The van der Waals surface area contributed by atoms with Crippen LogP contribution in [0.4, 0.5) is 0 Å². The second-order valence-electron chi connectivity index (χ2n) is 4.14. The molecule has 4 heteroatoms. The third-order valence-electron chi connectivity index (χ3n) is 2.99. The Bertz CT molecular complexity index is 425. The Hall–Kier alpha value is -1.84. The number of aliphatic carboxylic acids is 1. The Morgan fingerprint density at radius 2 is 1.78 bits per heavy atom. The highest BCUT2D eigenvalue weighted by atomic mass is 16.4. The fraction of sp³-hybridized carbons (Fsp3) is 0.429. The van der Waals surface area contributed by atoms with Crippen LogP contribution < -0.4 is 0 Å². The van der Waals surface area contributed by atoms with Crippen LogP contribution in [-0.4, -0.2) is 28.4 Å². The van der Waals surface area contributed by atoms with E-state index in [0.29, 0.717) is 12.1 Å². The third-order valence-corrected chi connectivity index (χ3v) is 2.99. The number of hydrogen-bond donors (Lipinski definition) is 1. The van der Waals surface area contributed by atoms with Gasteiger partial charge in [0.1, 0.15) is 0 Å². The molecule has 0 saturated heterocycles. The van der Waals surface area contributed by atoms with Crippen molar-refractivity contribution in [2.24, 2.45) is 0 Å². The first-order chi connectivity index (χ1) is 8.51. The number of aryl methyl sites for hydroxylation is 1. The molecular weight excluding hydrogens is 230 g/mol. The predicted molar refractivity (Wildman–Crippen MR) is 69.3 cm³/mol. The summed E-state index contributed by atoms with van der Waals surface area (Å²) in [6, 6.07) is 6.46. The molecule has 0 fully saturated rings. The number of carboxylic acids is 1. The molecule has 0 aliphatic rings. The molecule has 4 nitrogen and oxygen atoms in total. The quantitative estimate of drug-likeness (QED) is 0.870. The molecule has 1 N–H and O–H groups in total. The first-order valence-electron chi connectivity index (χ1n) is 6.10. The maximum atomic E-state index is 11.5. The van der Waals surface area contributed by atoms with Gasteiger partial charge in [-0.2, -0.15) is 0 Å². The highest BCUT2D eigenvalue weighted by molar-refractivity contribution is 5.83. The maximum absolute atomic E-state index is 11.5. The summed E-state index contributed by atoms with van der Waals surface area (Å²) < 4.78 is 0. The summed E-state index contributed by atoms with van der Waals surface area (Å²) in [7, 11) is 0. The molecule has 1 atom stereocenters. The first-order valence-corrected chi connectivity index (χ1v) is 6.10. The van der Waals surface area contributed by atoms with Crippen LogP contribution in [0, 0.1) is 0 Å². The van der Waals surface area contributed by atoms with Crippen molar-refractivity contribution in [1.29, 1.82) is 0 Å². The highest BCUT2D eigenvalue weighted by Gasteiger charge is 2.27. The summed E-state index contributed by atoms with van der Waals surface area (Å²) in [6.45, 7) is 5.58. The number of nitrogens with zero attached hydrogens (tertiary/aromatic N) is 1. The van der Waals surface area contributed by atoms with E-state index in [0.717, 1.165) is 12.0 Å². The Balaban J connectivity index is 3.10. The number of likely N-dealkylation sites (N-methyl/N-ethyl adjacent to an activating group) is 1. The minimum atomic E-state index is -1.00. The van der Waals surface area contributed by atoms with E-state index in [1.54, 1.807) is 19.1 Å². The van der Waals surface area contributed by atoms with Crippen LogP contribution in [0.25, 0.3) is 0 Å². The third kappa shape index (κ3) is 3.09. The van der Waals surface area contributed by atoms with Crippen LogP contribution in [0.1, 0.15) is 37.9 Å². The largest absolute Gasteiger partial charge is 0.479 e. The minimum Gasteiger partial charge on any atom is -0.479 e. The molecule has 0 spiro atoms. The average Bonchev–Trinajstić information content (AvgIpc) is 2.35. The van der Waals surface area contributed by atoms with Gasteiger partial charge in [0.05, 0.1) is 0 Å². The van der Waals surface area contributed by atoms with Gasteiger partial charge in [-0.15, -0.1) is 0 Å². The highest BCUT2D eigenvalue weighted by Crippen LogP contribution is 2.21. The smallest absolute Gasteiger partial charge is 0.331 e. The van der Waals surface area contributed by atoms with Crippen LogP contribution >= 0.6 is 0 Å². The van der Waals surface area contributed by atoms with Gasteiger partial charge in [0.2, 0.25) is 5.91 Å². The lowest BCUT2D eigenvalue weighted by Crippen LogP contribution is -2.37. The first kappa shape index (κ1) is 14.2. The van der Waals surface area contributed by atoms with E-state index >= 15 is 0 Å². The van der Waals surface area contributed by atoms with Gasteiger partial charge in [-0.1, -0.05) is 31.2 Å². The number of amides is 1. The van der Waals surface area contributed by atoms with Gasteiger partial charge in [0.15, 0.2) is 6.04 Å². The van der Waals surface area contributed by atoms with E-state index in [1.165, 1.54) is 11.8 Å². The van der Waals surface area contributed by atoms with Crippen LogP contribution in [-0.2, 0) is 16.0 Å². The second kappa shape index (κ2) is 6.19. The molecule has 0 aromatic heterocycles. The molecule has 98 valence electrons. The molecule has 0 bridgehead atoms. The molecule has 0 saturated carbocycles. The summed E-state index contributed by atoms with van der Waals surface area (Å²) in [5.41, 5.74) is 1.78. The Kier molecular flexibility index (Phi) is 4.89. The van der Waals surface area contributed by atoms with Crippen molar-refractivity contribution in [3.63, 3.8) is 0 Å². The lowest BCUT2D eigenvalue weighted by atomic mass is 10.0. The van der Waals surface area contributed by atoms with Crippen molar-refractivity contribution < 1.29 is 14.7 Å². The predicted octanol–water partition coefficient (Wildman–Crippen LogP) is 2.24. The van der Waals surface area contributed by atoms with Gasteiger partial charge in [0, 0.05) is 13.5 Å². The van der Waals surface area contributed by atoms with E-state index in [-0.39, 0.29) is 5.91 Å². The van der Waals surface area contributed by atoms with Gasteiger partial charge in [-0.05, 0) is 24.5 Å². The van der Waals surface area contributed by atoms with E-state index < -0.39 is 12.0 Å². The van der Waals surface area contributed by atoms with Crippen molar-refractivity contribution in [3.8, 4) is 0 Å². The van der Waals surface area contributed by atoms with Gasteiger partial charge < -0.3 is 10.0 Å². The van der Waals surface area contributed by atoms with Crippen LogP contribution in [0.5, 0.6) is 0 Å². The number of hydrogen-bond acceptors (Lipinski definition) is 2. The average molecular weight is 249 g/mol. The molecule has 18 heavy (non-hydrogen) atoms. The molecule has 1 amide bonds. The summed E-state index contributed by atoms with van der Waals surface area (Å²) in [6.07, 6.45) is 0.905. The normalized spacial score (nSPS) is 11.9. The number of carbonyl (C=O) groups excluding carboxylic acids is 1. The zero-order chi connectivity index (χ0) is 13.7. The van der Waals surface area contributed by atoms with Gasteiger partial charge in [0.25, 0.3) is 0 Å². The van der Waals surface area contributed by atoms with Crippen LogP contribution in [0.3, 0.4) is 0 Å². The molecule has 1 aromatic rings. The molecule has 0 aliphatic heterocycles. The molecule has 1 unspecified atom stereocenters. The maximum Gasteiger partial charge on any atom is 0.331 e. The molecule has 0 heterocycles. The van der Waals surface area contributed by atoms with E-state index in [4.69, 9.17) is 0 Å². The van der Waals surface area contributed by atoms with E-state index in [9.17, 15) is 14.7 Å². The second-order valence-corrected chi connectivity index (χ2v) is 4.14. The Labute approximate surface area is 107 Å². The van der Waals surface area contributed by atoms with Gasteiger partial charge in [-0.3, -0.25) is 4.79 Å². The lowest BCUT2D eigenvalue weighted by molar-refractivity contribution is -0.149. The summed E-state index contributed by atoms with van der Waals surface area (Å²) in [5, 5.41) is 9.31. The standard InChI is InChI=1S/C14H19NO3/c1-4-11-6-8-12(9-7-11)13(14(17)18)15(5-2)10(3)16/h6-9,13H,4-5H2,1-3H3,(H,17,18). The molecule has 0 aliphatic carbocycles. The zero-order valence-electron chi connectivity index (χ0n) is 11.0. The van der Waals surface area contributed by atoms with Gasteiger partial charge in [-0.25, -0.2) is 4.79 Å². The van der Waals surface area contributed by atoms with E-state index in [1.807, 2.05) is 19.1 Å². The Morgan fingerprint density at radius 3 is 2.11 bits per heavy atom. The number of benzene rings is 1. The molecule has 1 aromatic carbocycles. The summed E-state index contributed by atoms with van der Waals surface area (Å²) in [4.78, 5) is 24.2. The minimum absolute atomic E-state index is 0.232. The molecular formula is C14H19NO3. The van der Waals surface area contributed by atoms with Crippen molar-refractivity contribution >= 4 is 11.9 Å². The SMILES string of the molecule is CCc1ccc(C(C(=O)O)N(CC)C(C)=O)cc1. The Morgan fingerprint density at radius 1 is 1.22 bits per heavy atom. The number of rotatable bonds is 5. The van der Waals surface area contributed by atoms with E-state index in [2.05, 4.69) is 0 Å². The number of carbonyl (C=O) groups is 2. The zero-order valence-corrected chi connectivity index (χ0v) is 11.0. The van der Waals surface area contributed by atoms with Crippen LogP contribution in [0.15, 0.2) is 24.3 Å². The van der Waals surface area contributed by atoms with Crippen molar-refractivity contribution in [3.05, 3.63) is 35.4 Å². The molecule has 0 radical (unpaired) electrons. The van der Waals surface area contributed by atoms with Gasteiger partial charge >= 0.3 is 5.97 Å². The fourth-order valence-corrected chi connectivity index (χ4v) is 1.98. The number of carboxylic acid groups (broad SMARTS) is 1.